The molecule has 4 nitrogen and oxygen atoms in total. The number of carbonyl (C=O) groups is 1. The van der Waals surface area contributed by atoms with Crippen molar-refractivity contribution in [3.8, 4) is 0 Å². The minimum Gasteiger partial charge on any atom is -0.444 e. The lowest BCUT2D eigenvalue weighted by Crippen LogP contribution is -2.13. The van der Waals surface area contributed by atoms with Gasteiger partial charge in [0.15, 0.2) is 0 Å². The van der Waals surface area contributed by atoms with Crippen molar-refractivity contribution in [1.29, 1.82) is 0 Å². The number of aromatic nitrogens is 1. The third-order valence-electron chi connectivity index (χ3n) is 3.18. The van der Waals surface area contributed by atoms with Crippen LogP contribution in [0.4, 0.5) is 10.5 Å². The van der Waals surface area contributed by atoms with E-state index in [1.54, 1.807) is 18.3 Å². The minimum atomic E-state index is -0.510. The van der Waals surface area contributed by atoms with Gasteiger partial charge in [0.1, 0.15) is 11.8 Å². The van der Waals surface area contributed by atoms with Crippen molar-refractivity contribution in [1.82, 2.24) is 4.98 Å². The maximum Gasteiger partial charge on any atom is 0.411 e. The van der Waals surface area contributed by atoms with E-state index in [4.69, 9.17) is 16.3 Å². The van der Waals surface area contributed by atoms with Crippen LogP contribution in [0, 0.1) is 0 Å². The molecule has 0 saturated heterocycles. The molecule has 1 amide bonds. The van der Waals surface area contributed by atoms with Gasteiger partial charge in [0, 0.05) is 17.0 Å². The van der Waals surface area contributed by atoms with Crippen molar-refractivity contribution in [2.24, 2.45) is 0 Å². The van der Waals surface area contributed by atoms with Gasteiger partial charge in [0.25, 0.3) is 0 Å². The molecule has 1 heterocycles. The first-order valence-corrected chi connectivity index (χ1v) is 7.12. The van der Waals surface area contributed by atoms with Crippen LogP contribution in [0.3, 0.4) is 0 Å². The van der Waals surface area contributed by atoms with E-state index in [1.165, 1.54) is 0 Å². The van der Waals surface area contributed by atoms with E-state index < -0.39 is 6.09 Å². The molecule has 0 fully saturated rings. The Morgan fingerprint density at radius 3 is 2.77 bits per heavy atom. The summed E-state index contributed by atoms with van der Waals surface area (Å²) in [4.78, 5) is 16.0. The molecular formula is C17H13ClN2O2. The number of amides is 1. The van der Waals surface area contributed by atoms with Crippen LogP contribution in [0.2, 0.25) is 5.15 Å². The molecule has 0 aliphatic heterocycles. The zero-order chi connectivity index (χ0) is 15.4. The number of nitrogens with zero attached hydrogens (tertiary/aromatic N) is 1. The molecule has 0 aliphatic rings. The summed E-state index contributed by atoms with van der Waals surface area (Å²) in [6, 6.07) is 16.8. The van der Waals surface area contributed by atoms with Crippen molar-refractivity contribution >= 4 is 34.2 Å². The highest BCUT2D eigenvalue weighted by molar-refractivity contribution is 6.30. The summed E-state index contributed by atoms with van der Waals surface area (Å²) in [6.45, 7) is 0.222. The molecule has 0 spiro atoms. The summed E-state index contributed by atoms with van der Waals surface area (Å²) in [6.07, 6.45) is 1.15. The second kappa shape index (κ2) is 6.45. The summed E-state index contributed by atoms with van der Waals surface area (Å²) in [7, 11) is 0. The molecule has 22 heavy (non-hydrogen) atoms. The number of pyridine rings is 1. The summed E-state index contributed by atoms with van der Waals surface area (Å²) in [5, 5.41) is 4.82. The molecule has 1 N–H and O–H groups in total. The lowest BCUT2D eigenvalue weighted by atomic mass is 10.1. The first-order chi connectivity index (χ1) is 10.7. The number of nitrogens with one attached hydrogen (secondary N) is 1. The third-order valence-corrected chi connectivity index (χ3v) is 3.39. The van der Waals surface area contributed by atoms with Crippen LogP contribution >= 0.6 is 11.6 Å². The van der Waals surface area contributed by atoms with Crippen LogP contribution in [0.25, 0.3) is 10.8 Å². The molecule has 0 atom stereocenters. The molecule has 2 aromatic carbocycles. The van der Waals surface area contributed by atoms with Crippen LogP contribution in [0.15, 0.2) is 60.8 Å². The van der Waals surface area contributed by atoms with Gasteiger partial charge in [-0.15, -0.1) is 0 Å². The van der Waals surface area contributed by atoms with Gasteiger partial charge in [-0.1, -0.05) is 54.1 Å². The first-order valence-electron chi connectivity index (χ1n) is 6.74. The highest BCUT2D eigenvalue weighted by Crippen LogP contribution is 2.25. The van der Waals surface area contributed by atoms with Gasteiger partial charge >= 0.3 is 6.09 Å². The van der Waals surface area contributed by atoms with Crippen molar-refractivity contribution in [3.63, 3.8) is 0 Å². The molecule has 5 heteroatoms. The number of ether oxygens (including phenoxy) is 1. The fourth-order valence-corrected chi connectivity index (χ4v) is 2.28. The predicted molar refractivity (Wildman–Crippen MR) is 87.0 cm³/mol. The zero-order valence-corrected chi connectivity index (χ0v) is 12.4. The van der Waals surface area contributed by atoms with Crippen LogP contribution in [-0.4, -0.2) is 11.1 Å². The van der Waals surface area contributed by atoms with Crippen LogP contribution in [0.1, 0.15) is 5.56 Å². The molecule has 0 unspecified atom stereocenters. The van der Waals surface area contributed by atoms with E-state index in [9.17, 15) is 4.79 Å². The Morgan fingerprint density at radius 2 is 1.95 bits per heavy atom. The van der Waals surface area contributed by atoms with Crippen molar-refractivity contribution < 1.29 is 9.53 Å². The van der Waals surface area contributed by atoms with Gasteiger partial charge in [-0.05, 0) is 17.7 Å². The monoisotopic (exact) mass is 312 g/mol. The summed E-state index contributed by atoms with van der Waals surface area (Å²) >= 11 is 5.91. The Balaban J connectivity index is 1.73. The topological polar surface area (TPSA) is 51.2 Å². The molecule has 0 saturated carbocycles. The Kier molecular flexibility index (Phi) is 4.21. The number of rotatable bonds is 3. The Labute approximate surface area is 132 Å². The third kappa shape index (κ3) is 3.35. The second-order valence-electron chi connectivity index (χ2n) is 4.72. The molecule has 110 valence electrons. The Bertz CT molecular complexity index is 806. The quantitative estimate of drug-likeness (QED) is 0.717. The van der Waals surface area contributed by atoms with Gasteiger partial charge in [-0.2, -0.15) is 0 Å². The van der Waals surface area contributed by atoms with Crippen LogP contribution < -0.4 is 5.32 Å². The van der Waals surface area contributed by atoms with Gasteiger partial charge < -0.3 is 4.74 Å². The number of benzene rings is 2. The highest BCUT2D eigenvalue weighted by atomic mass is 35.5. The maximum atomic E-state index is 11.9. The van der Waals surface area contributed by atoms with Crippen molar-refractivity contribution in [2.75, 3.05) is 5.32 Å². The average molecular weight is 313 g/mol. The molecule has 0 bridgehead atoms. The average Bonchev–Trinajstić information content (AvgIpc) is 2.54. The lowest BCUT2D eigenvalue weighted by molar-refractivity contribution is 0.155. The number of hydrogen-bond donors (Lipinski definition) is 1. The molecule has 3 aromatic rings. The van der Waals surface area contributed by atoms with Gasteiger partial charge in [0.05, 0.1) is 5.69 Å². The zero-order valence-electron chi connectivity index (χ0n) is 11.6. The second-order valence-corrected chi connectivity index (χ2v) is 5.11. The normalized spacial score (nSPS) is 10.4. The number of halogens is 1. The summed E-state index contributed by atoms with van der Waals surface area (Å²) in [5.41, 5.74) is 1.57. The minimum absolute atomic E-state index is 0.222. The standard InChI is InChI=1S/C17H13ClN2O2/c18-16-9-14-13(10-19-16)7-4-8-15(14)20-17(21)22-11-12-5-2-1-3-6-12/h1-10H,11H2,(H,20,21). The summed E-state index contributed by atoms with van der Waals surface area (Å²) < 4.78 is 5.21. The first kappa shape index (κ1) is 14.4. The largest absolute Gasteiger partial charge is 0.444 e. The molecule has 0 radical (unpaired) electrons. The lowest BCUT2D eigenvalue weighted by Gasteiger charge is -2.09. The van der Waals surface area contributed by atoms with E-state index in [1.807, 2.05) is 42.5 Å². The number of anilines is 1. The van der Waals surface area contributed by atoms with Gasteiger partial charge in [0.2, 0.25) is 0 Å². The highest BCUT2D eigenvalue weighted by Gasteiger charge is 2.07. The molecule has 1 aromatic heterocycles. The van der Waals surface area contributed by atoms with E-state index in [0.29, 0.717) is 10.8 Å². The van der Waals surface area contributed by atoms with Gasteiger partial charge in [-0.25, -0.2) is 9.78 Å². The SMILES string of the molecule is O=C(Nc1cccc2cnc(Cl)cc12)OCc1ccccc1. The van der Waals surface area contributed by atoms with E-state index >= 15 is 0 Å². The van der Waals surface area contributed by atoms with Crippen LogP contribution in [0.5, 0.6) is 0 Å². The van der Waals surface area contributed by atoms with E-state index in [-0.39, 0.29) is 6.61 Å². The summed E-state index contributed by atoms with van der Waals surface area (Å²) in [5.74, 6) is 0. The van der Waals surface area contributed by atoms with Crippen molar-refractivity contribution in [3.05, 3.63) is 71.5 Å². The molecular weight excluding hydrogens is 300 g/mol. The number of hydrogen-bond acceptors (Lipinski definition) is 3. The predicted octanol–water partition coefficient (Wildman–Crippen LogP) is 4.64. The van der Waals surface area contributed by atoms with Gasteiger partial charge in [-0.3, -0.25) is 5.32 Å². The smallest absolute Gasteiger partial charge is 0.411 e. The number of carbonyl (C=O) groups excluding carboxylic acids is 1. The fraction of sp³-hybridized carbons (Fsp3) is 0.0588. The van der Waals surface area contributed by atoms with Crippen molar-refractivity contribution in [2.45, 2.75) is 6.61 Å². The molecule has 3 rings (SSSR count). The fourth-order valence-electron chi connectivity index (χ4n) is 2.12. The Morgan fingerprint density at radius 1 is 1.14 bits per heavy atom. The van der Waals surface area contributed by atoms with E-state index in [2.05, 4.69) is 10.3 Å². The Hall–Kier alpha value is -2.59. The molecule has 0 aliphatic carbocycles. The maximum absolute atomic E-state index is 11.9. The van der Waals surface area contributed by atoms with E-state index in [0.717, 1.165) is 16.3 Å². The van der Waals surface area contributed by atoms with Crippen LogP contribution in [-0.2, 0) is 11.3 Å². The number of fused-ring (bicyclic) bond motifs is 1.